The molecule has 1 aliphatic rings. The first-order valence-electron chi connectivity index (χ1n) is 8.94. The third kappa shape index (κ3) is 7.92. The van der Waals surface area contributed by atoms with Gasteiger partial charge in [-0.3, -0.25) is 9.89 Å². The number of morpholine rings is 1. The quantitative estimate of drug-likeness (QED) is 0.343. The average molecular weight is 389 g/mol. The van der Waals surface area contributed by atoms with Crippen LogP contribution in [0.4, 0.5) is 0 Å². The maximum Gasteiger partial charge on any atom is 0.191 e. The van der Waals surface area contributed by atoms with Crippen molar-refractivity contribution in [1.82, 2.24) is 15.5 Å². The molecule has 25 heavy (non-hydrogen) atoms. The molecule has 0 amide bonds. The molecule has 1 fully saturated rings. The molecule has 1 aliphatic heterocycles. The fraction of sp³-hybridized carbons (Fsp3) is 0.706. The molecule has 1 atom stereocenters. The Balaban J connectivity index is 1.66. The fourth-order valence-corrected chi connectivity index (χ4v) is 3.65. The molecular formula is C17H29ClN4O2S. The van der Waals surface area contributed by atoms with Gasteiger partial charge in [-0.2, -0.15) is 0 Å². The van der Waals surface area contributed by atoms with Crippen molar-refractivity contribution in [1.29, 1.82) is 0 Å². The molecule has 6 nitrogen and oxygen atoms in total. The highest BCUT2D eigenvalue weighted by atomic mass is 35.5. The molecule has 142 valence electrons. The van der Waals surface area contributed by atoms with Crippen LogP contribution in [-0.4, -0.2) is 68.4 Å². The topological polar surface area (TPSA) is 69.1 Å². The third-order valence-corrected chi connectivity index (χ3v) is 5.32. The van der Waals surface area contributed by atoms with Crippen LogP contribution in [0.3, 0.4) is 0 Å². The van der Waals surface area contributed by atoms with Crippen molar-refractivity contribution in [2.24, 2.45) is 4.99 Å². The van der Waals surface area contributed by atoms with Crippen LogP contribution in [0.25, 0.3) is 0 Å². The highest BCUT2D eigenvalue weighted by Gasteiger charge is 2.11. The molecule has 3 N–H and O–H groups in total. The van der Waals surface area contributed by atoms with Crippen LogP contribution in [0, 0.1) is 0 Å². The second-order valence-electron chi connectivity index (χ2n) is 5.97. The number of halogens is 1. The van der Waals surface area contributed by atoms with Crippen molar-refractivity contribution in [2.45, 2.75) is 25.9 Å². The molecule has 0 saturated carbocycles. The Morgan fingerprint density at radius 3 is 2.84 bits per heavy atom. The number of nitrogens with one attached hydrogen (secondary N) is 2. The lowest BCUT2D eigenvalue weighted by molar-refractivity contribution is 0.0372. The number of guanidine groups is 1. The maximum atomic E-state index is 10.2. The Morgan fingerprint density at radius 2 is 2.16 bits per heavy atom. The number of aliphatic imine (C=N–C) groups is 1. The number of nitrogens with zero attached hydrogens (tertiary/aromatic N) is 2. The first-order chi connectivity index (χ1) is 12.2. The normalized spacial score (nSPS) is 17.5. The summed E-state index contributed by atoms with van der Waals surface area (Å²) in [5.74, 6) is 0.746. The van der Waals surface area contributed by atoms with Gasteiger partial charge in [-0.25, -0.2) is 0 Å². The van der Waals surface area contributed by atoms with Gasteiger partial charge in [0.05, 0.1) is 24.1 Å². The maximum absolute atomic E-state index is 10.2. The molecule has 0 radical (unpaired) electrons. The van der Waals surface area contributed by atoms with Gasteiger partial charge >= 0.3 is 0 Å². The predicted molar refractivity (Wildman–Crippen MR) is 105 cm³/mol. The van der Waals surface area contributed by atoms with E-state index < -0.39 is 6.10 Å². The van der Waals surface area contributed by atoms with E-state index >= 15 is 0 Å². The number of hydrogen-bond acceptors (Lipinski definition) is 5. The first-order valence-corrected chi connectivity index (χ1v) is 10.1. The molecule has 0 spiro atoms. The number of aliphatic hydroxyl groups excluding tert-OH is 1. The largest absolute Gasteiger partial charge is 0.386 e. The van der Waals surface area contributed by atoms with E-state index in [4.69, 9.17) is 16.3 Å². The van der Waals surface area contributed by atoms with Crippen molar-refractivity contribution >= 4 is 28.9 Å². The van der Waals surface area contributed by atoms with Crippen LogP contribution in [0.15, 0.2) is 17.1 Å². The van der Waals surface area contributed by atoms with E-state index in [0.29, 0.717) is 10.9 Å². The molecule has 1 unspecified atom stereocenters. The minimum atomic E-state index is -0.616. The minimum Gasteiger partial charge on any atom is -0.386 e. The summed E-state index contributed by atoms with van der Waals surface area (Å²) in [5.41, 5.74) is 0. The molecular weight excluding hydrogens is 360 g/mol. The van der Waals surface area contributed by atoms with Crippen LogP contribution >= 0.6 is 22.9 Å². The standard InChI is InChI=1S/C17H29ClN4O2S/c1-2-19-17(21-13-14(23)15-5-6-16(18)25-15)20-7-3-4-8-22-9-11-24-12-10-22/h5-6,14,23H,2-4,7-13H2,1H3,(H2,19,20,21). The van der Waals surface area contributed by atoms with Crippen molar-refractivity contribution in [3.63, 3.8) is 0 Å². The highest BCUT2D eigenvalue weighted by molar-refractivity contribution is 7.16. The second kappa shape index (κ2) is 11.7. The van der Waals surface area contributed by atoms with Gasteiger partial charge in [0.15, 0.2) is 5.96 Å². The summed E-state index contributed by atoms with van der Waals surface area (Å²) >= 11 is 7.30. The molecule has 0 bridgehead atoms. The van der Waals surface area contributed by atoms with Crippen LogP contribution < -0.4 is 10.6 Å². The fourth-order valence-electron chi connectivity index (χ4n) is 2.61. The van der Waals surface area contributed by atoms with Crippen LogP contribution in [0.5, 0.6) is 0 Å². The van der Waals surface area contributed by atoms with E-state index in [-0.39, 0.29) is 0 Å². The summed E-state index contributed by atoms with van der Waals surface area (Å²) in [7, 11) is 0. The van der Waals surface area contributed by atoms with E-state index in [0.717, 1.165) is 69.6 Å². The Labute approximate surface area is 159 Å². The van der Waals surface area contributed by atoms with E-state index in [1.54, 1.807) is 6.07 Å². The summed E-state index contributed by atoms with van der Waals surface area (Å²) in [5, 5.41) is 16.7. The average Bonchev–Trinajstić information content (AvgIpc) is 3.06. The summed E-state index contributed by atoms with van der Waals surface area (Å²) in [6, 6.07) is 3.64. The Morgan fingerprint density at radius 1 is 1.36 bits per heavy atom. The van der Waals surface area contributed by atoms with Crippen molar-refractivity contribution in [3.8, 4) is 0 Å². The molecule has 2 heterocycles. The number of hydrogen-bond donors (Lipinski definition) is 3. The van der Waals surface area contributed by atoms with Crippen LogP contribution in [0.2, 0.25) is 4.34 Å². The number of rotatable bonds is 9. The molecule has 1 aromatic heterocycles. The first kappa shape index (κ1) is 20.5. The van der Waals surface area contributed by atoms with E-state index in [2.05, 4.69) is 20.5 Å². The zero-order valence-corrected chi connectivity index (χ0v) is 16.4. The Bertz CT molecular complexity index is 521. The summed E-state index contributed by atoms with van der Waals surface area (Å²) in [4.78, 5) is 7.76. The molecule has 0 aromatic carbocycles. The third-order valence-electron chi connectivity index (χ3n) is 3.99. The van der Waals surface area contributed by atoms with E-state index in [9.17, 15) is 5.11 Å². The van der Waals surface area contributed by atoms with Crippen LogP contribution in [-0.2, 0) is 4.74 Å². The lowest BCUT2D eigenvalue weighted by Crippen LogP contribution is -2.39. The smallest absolute Gasteiger partial charge is 0.191 e. The van der Waals surface area contributed by atoms with Gasteiger partial charge in [0.1, 0.15) is 6.10 Å². The van der Waals surface area contributed by atoms with Gasteiger partial charge in [0.25, 0.3) is 0 Å². The van der Waals surface area contributed by atoms with Gasteiger partial charge in [-0.15, -0.1) is 11.3 Å². The molecule has 2 rings (SSSR count). The van der Waals surface area contributed by atoms with Gasteiger partial charge in [-0.1, -0.05) is 11.6 Å². The van der Waals surface area contributed by atoms with Crippen molar-refractivity contribution in [2.75, 3.05) is 52.5 Å². The lowest BCUT2D eigenvalue weighted by Gasteiger charge is -2.26. The summed E-state index contributed by atoms with van der Waals surface area (Å²) in [6.45, 7) is 8.93. The van der Waals surface area contributed by atoms with E-state index in [1.807, 2.05) is 13.0 Å². The second-order valence-corrected chi connectivity index (χ2v) is 7.71. The van der Waals surface area contributed by atoms with Crippen LogP contribution in [0.1, 0.15) is 30.7 Å². The number of ether oxygens (including phenoxy) is 1. The number of thiophene rings is 1. The zero-order valence-electron chi connectivity index (χ0n) is 14.8. The van der Waals surface area contributed by atoms with Gasteiger partial charge in [0, 0.05) is 31.1 Å². The lowest BCUT2D eigenvalue weighted by atomic mass is 10.2. The zero-order chi connectivity index (χ0) is 17.9. The molecule has 1 aromatic rings. The van der Waals surface area contributed by atoms with Gasteiger partial charge < -0.3 is 20.5 Å². The van der Waals surface area contributed by atoms with E-state index in [1.165, 1.54) is 11.3 Å². The minimum absolute atomic E-state index is 0.319. The molecule has 1 saturated heterocycles. The highest BCUT2D eigenvalue weighted by Crippen LogP contribution is 2.26. The SMILES string of the molecule is CCNC(=NCC(O)c1ccc(Cl)s1)NCCCCN1CCOCC1. The summed E-state index contributed by atoms with van der Waals surface area (Å²) in [6.07, 6.45) is 1.63. The van der Waals surface area contributed by atoms with Gasteiger partial charge in [-0.05, 0) is 38.4 Å². The molecule has 0 aliphatic carbocycles. The number of aliphatic hydroxyl groups is 1. The summed E-state index contributed by atoms with van der Waals surface area (Å²) < 4.78 is 6.04. The van der Waals surface area contributed by atoms with Crippen molar-refractivity contribution < 1.29 is 9.84 Å². The Kier molecular flexibility index (Phi) is 9.57. The van der Waals surface area contributed by atoms with Gasteiger partial charge in [0.2, 0.25) is 0 Å². The monoisotopic (exact) mass is 388 g/mol. The molecule has 8 heteroatoms. The Hall–Kier alpha value is -0.860. The van der Waals surface area contributed by atoms with Crippen molar-refractivity contribution in [3.05, 3.63) is 21.3 Å². The predicted octanol–water partition coefficient (Wildman–Crippen LogP) is 2.10. The number of unbranched alkanes of at least 4 members (excludes halogenated alkanes) is 1.